The monoisotopic (exact) mass is 396 g/mol. The summed E-state index contributed by atoms with van der Waals surface area (Å²) in [7, 11) is 0. The second-order valence-electron chi connectivity index (χ2n) is 9.13. The molecule has 0 aromatic rings. The summed E-state index contributed by atoms with van der Waals surface area (Å²) in [4.78, 5) is 12.5. The minimum Gasteiger partial charge on any atom is -0.465 e. The lowest BCUT2D eigenvalue weighted by molar-refractivity contribution is -0.154. The smallest absolute Gasteiger partial charge is 0.308 e. The quantitative estimate of drug-likeness (QED) is 0.466. The highest BCUT2D eigenvalue weighted by Crippen LogP contribution is 2.33. The Morgan fingerprint density at radius 1 is 0.821 bits per heavy atom. The molecule has 0 radical (unpaired) electrons. The van der Waals surface area contributed by atoms with Gasteiger partial charge in [0.05, 0.1) is 37.9 Å². The van der Waals surface area contributed by atoms with Crippen molar-refractivity contribution < 1.29 is 24.1 Å². The first kappa shape index (κ1) is 22.0. The van der Waals surface area contributed by atoms with E-state index in [0.29, 0.717) is 38.3 Å². The molecule has 3 saturated carbocycles. The third-order valence-corrected chi connectivity index (χ3v) is 6.99. The average molecular weight is 397 g/mol. The van der Waals surface area contributed by atoms with Gasteiger partial charge in [-0.15, -0.1) is 0 Å². The van der Waals surface area contributed by atoms with E-state index in [0.717, 1.165) is 12.8 Å². The summed E-state index contributed by atoms with van der Waals surface area (Å²) in [6, 6.07) is 0. The summed E-state index contributed by atoms with van der Waals surface area (Å²) in [6.45, 7) is 1.86. The number of aliphatic hydroxyl groups is 1. The van der Waals surface area contributed by atoms with Crippen molar-refractivity contribution in [1.82, 2.24) is 0 Å². The van der Waals surface area contributed by atoms with Crippen molar-refractivity contribution in [2.75, 3.05) is 26.4 Å². The number of rotatable bonds is 9. The first-order chi connectivity index (χ1) is 13.8. The second kappa shape index (κ2) is 12.1. The number of esters is 1. The van der Waals surface area contributed by atoms with E-state index in [1.807, 2.05) is 0 Å². The Labute approximate surface area is 170 Å². The molecular formula is C23H40O5. The molecule has 1 N–H and O–H groups in total. The van der Waals surface area contributed by atoms with Crippen molar-refractivity contribution in [3.63, 3.8) is 0 Å². The first-order valence-corrected chi connectivity index (χ1v) is 11.8. The molecule has 3 unspecified atom stereocenters. The van der Waals surface area contributed by atoms with Gasteiger partial charge >= 0.3 is 5.97 Å². The molecule has 5 heteroatoms. The van der Waals surface area contributed by atoms with Crippen molar-refractivity contribution in [1.29, 1.82) is 0 Å². The van der Waals surface area contributed by atoms with Gasteiger partial charge in [0.1, 0.15) is 0 Å². The zero-order chi connectivity index (χ0) is 19.6. The van der Waals surface area contributed by atoms with Gasteiger partial charge in [0.2, 0.25) is 0 Å². The highest BCUT2D eigenvalue weighted by atomic mass is 16.5. The normalized spacial score (nSPS) is 30.2. The van der Waals surface area contributed by atoms with Crippen LogP contribution in [0.3, 0.4) is 0 Å². The van der Waals surface area contributed by atoms with Gasteiger partial charge in [-0.05, 0) is 50.9 Å². The van der Waals surface area contributed by atoms with E-state index in [1.165, 1.54) is 64.2 Å². The Morgan fingerprint density at radius 3 is 2.21 bits per heavy atom. The summed E-state index contributed by atoms with van der Waals surface area (Å²) in [5.41, 5.74) is 0. The van der Waals surface area contributed by atoms with Gasteiger partial charge in [-0.25, -0.2) is 0 Å². The molecule has 3 aliphatic carbocycles. The Bertz CT molecular complexity index is 442. The molecule has 0 bridgehead atoms. The van der Waals surface area contributed by atoms with Gasteiger partial charge in [0.25, 0.3) is 0 Å². The van der Waals surface area contributed by atoms with Crippen LogP contribution in [0.15, 0.2) is 0 Å². The maximum atomic E-state index is 12.5. The molecule has 3 aliphatic rings. The fraction of sp³-hybridized carbons (Fsp3) is 0.957. The highest BCUT2D eigenvalue weighted by molar-refractivity contribution is 5.72. The maximum Gasteiger partial charge on any atom is 0.308 e. The summed E-state index contributed by atoms with van der Waals surface area (Å²) < 4.78 is 17.6. The van der Waals surface area contributed by atoms with Gasteiger partial charge in [-0.2, -0.15) is 0 Å². The minimum atomic E-state index is -0.0842. The van der Waals surface area contributed by atoms with E-state index in [1.54, 1.807) is 0 Å². The molecule has 0 aromatic heterocycles. The van der Waals surface area contributed by atoms with Crippen molar-refractivity contribution in [2.24, 2.45) is 17.8 Å². The van der Waals surface area contributed by atoms with Crippen LogP contribution in [-0.4, -0.2) is 49.7 Å². The Kier molecular flexibility index (Phi) is 9.56. The molecule has 3 atom stereocenters. The average Bonchev–Trinajstić information content (AvgIpc) is 2.76. The maximum absolute atomic E-state index is 12.5. The summed E-state index contributed by atoms with van der Waals surface area (Å²) in [6.07, 6.45) is 15.2. The van der Waals surface area contributed by atoms with Crippen molar-refractivity contribution in [3.05, 3.63) is 0 Å². The van der Waals surface area contributed by atoms with Gasteiger partial charge in [0.15, 0.2) is 0 Å². The molecule has 0 amide bonds. The molecule has 0 spiro atoms. The fourth-order valence-electron chi connectivity index (χ4n) is 5.18. The third-order valence-electron chi connectivity index (χ3n) is 6.99. The second-order valence-corrected chi connectivity index (χ2v) is 9.13. The number of ether oxygens (including phenoxy) is 3. The molecule has 0 saturated heterocycles. The van der Waals surface area contributed by atoms with Crippen LogP contribution in [0.25, 0.3) is 0 Å². The Hall–Kier alpha value is -0.650. The summed E-state index contributed by atoms with van der Waals surface area (Å²) in [5.74, 6) is 0.424. The molecule has 0 heterocycles. The van der Waals surface area contributed by atoms with Crippen molar-refractivity contribution >= 4 is 5.97 Å². The van der Waals surface area contributed by atoms with Crippen LogP contribution in [0.4, 0.5) is 0 Å². The van der Waals surface area contributed by atoms with Crippen LogP contribution >= 0.6 is 0 Å². The van der Waals surface area contributed by atoms with Gasteiger partial charge in [-0.3, -0.25) is 4.79 Å². The zero-order valence-electron chi connectivity index (χ0n) is 17.5. The zero-order valence-corrected chi connectivity index (χ0v) is 17.5. The van der Waals surface area contributed by atoms with Gasteiger partial charge in [-0.1, -0.05) is 38.5 Å². The summed E-state index contributed by atoms with van der Waals surface area (Å²) >= 11 is 0. The molecule has 28 heavy (non-hydrogen) atoms. The van der Waals surface area contributed by atoms with Gasteiger partial charge < -0.3 is 19.3 Å². The molecule has 3 fully saturated rings. The van der Waals surface area contributed by atoms with Crippen LogP contribution in [0.1, 0.15) is 83.5 Å². The number of carbonyl (C=O) groups is 1. The van der Waals surface area contributed by atoms with E-state index in [-0.39, 0.29) is 30.5 Å². The number of hydrogen-bond acceptors (Lipinski definition) is 5. The molecule has 162 valence electrons. The van der Waals surface area contributed by atoms with E-state index in [2.05, 4.69) is 0 Å². The molecular weight excluding hydrogens is 356 g/mol. The third kappa shape index (κ3) is 7.00. The topological polar surface area (TPSA) is 65.0 Å². The predicted octanol–water partition coefficient (Wildman–Crippen LogP) is 4.25. The van der Waals surface area contributed by atoms with Crippen LogP contribution in [-0.2, 0) is 19.0 Å². The van der Waals surface area contributed by atoms with Crippen LogP contribution in [0, 0.1) is 17.8 Å². The molecule has 0 aliphatic heterocycles. The predicted molar refractivity (Wildman–Crippen MR) is 108 cm³/mol. The largest absolute Gasteiger partial charge is 0.465 e. The minimum absolute atomic E-state index is 0.0238. The van der Waals surface area contributed by atoms with E-state index in [4.69, 9.17) is 14.2 Å². The lowest BCUT2D eigenvalue weighted by Gasteiger charge is -2.34. The van der Waals surface area contributed by atoms with Crippen molar-refractivity contribution in [2.45, 2.75) is 95.7 Å². The molecule has 5 nitrogen and oxygen atoms in total. The van der Waals surface area contributed by atoms with Gasteiger partial charge in [0, 0.05) is 12.5 Å². The van der Waals surface area contributed by atoms with E-state index >= 15 is 0 Å². The van der Waals surface area contributed by atoms with Crippen LogP contribution < -0.4 is 0 Å². The fourth-order valence-corrected chi connectivity index (χ4v) is 5.18. The highest BCUT2D eigenvalue weighted by Gasteiger charge is 2.35. The number of carbonyl (C=O) groups excluding carboxylic acids is 1. The van der Waals surface area contributed by atoms with E-state index < -0.39 is 0 Å². The lowest BCUT2D eigenvalue weighted by Crippen LogP contribution is -2.38. The van der Waals surface area contributed by atoms with Crippen LogP contribution in [0.5, 0.6) is 0 Å². The van der Waals surface area contributed by atoms with Crippen LogP contribution in [0.2, 0.25) is 0 Å². The SMILES string of the molecule is O=C(OCC1CCCCC1)C1CCC(OCCOC2CCCCC2)C(CO)C1. The number of hydrogen-bond donors (Lipinski definition) is 1. The van der Waals surface area contributed by atoms with Crippen molar-refractivity contribution in [3.8, 4) is 0 Å². The lowest BCUT2D eigenvalue weighted by atomic mass is 9.79. The standard InChI is InChI=1S/C23H40O5/c24-16-20-15-19(23(25)28-17-18-7-3-1-4-8-18)11-12-22(20)27-14-13-26-21-9-5-2-6-10-21/h18-22,24H,1-17H2. The first-order valence-electron chi connectivity index (χ1n) is 11.8. The Balaban J connectivity index is 1.32. The molecule has 0 aromatic carbocycles. The Morgan fingerprint density at radius 2 is 1.50 bits per heavy atom. The number of aliphatic hydroxyl groups excluding tert-OH is 1. The summed E-state index contributed by atoms with van der Waals surface area (Å²) in [5, 5.41) is 9.79. The molecule has 3 rings (SSSR count). The van der Waals surface area contributed by atoms with E-state index in [9.17, 15) is 9.90 Å².